The summed E-state index contributed by atoms with van der Waals surface area (Å²) >= 11 is 0. The predicted molar refractivity (Wildman–Crippen MR) is 88.7 cm³/mol. The lowest BCUT2D eigenvalue weighted by molar-refractivity contribution is 0.415. The Kier molecular flexibility index (Phi) is 4.16. The third kappa shape index (κ3) is 3.78. The Bertz CT molecular complexity index is 854. The first-order chi connectivity index (χ1) is 11.0. The lowest BCUT2D eigenvalue weighted by Gasteiger charge is -2.15. The molecular formula is C17H15N2O3S. The average Bonchev–Trinajstić information content (AvgIpc) is 2.55. The minimum absolute atomic E-state index is 0.280. The van der Waals surface area contributed by atoms with Gasteiger partial charge in [-0.3, -0.25) is 0 Å². The first-order valence-corrected chi connectivity index (χ1v) is 8.83. The van der Waals surface area contributed by atoms with Crippen LogP contribution in [0.4, 0.5) is 0 Å². The highest BCUT2D eigenvalue weighted by molar-refractivity contribution is 7.90. The van der Waals surface area contributed by atoms with E-state index in [9.17, 15) is 8.42 Å². The second kappa shape index (κ2) is 6.26. The first-order valence-electron chi connectivity index (χ1n) is 6.94. The van der Waals surface area contributed by atoms with Crippen LogP contribution in [0.2, 0.25) is 0 Å². The van der Waals surface area contributed by atoms with E-state index < -0.39 is 9.84 Å². The fraction of sp³-hybridized carbons (Fsp3) is 0.0588. The molecular weight excluding hydrogens is 312 g/mol. The maximum Gasteiger partial charge on any atom is 0.235 e. The van der Waals surface area contributed by atoms with Gasteiger partial charge in [-0.25, -0.2) is 13.4 Å². The van der Waals surface area contributed by atoms with Crippen molar-refractivity contribution >= 4 is 15.5 Å². The molecule has 1 heterocycles. The molecule has 0 spiro atoms. The first kappa shape index (κ1) is 15.3. The van der Waals surface area contributed by atoms with Gasteiger partial charge >= 0.3 is 0 Å². The van der Waals surface area contributed by atoms with Crippen molar-refractivity contribution in [1.82, 2.24) is 5.32 Å². The number of ether oxygens (including phenoxy) is 1. The van der Waals surface area contributed by atoms with E-state index in [-0.39, 0.29) is 4.90 Å². The standard InChI is InChI=1S/C17H15N2O3S/c1-23(20,21)15-9-7-13(8-10-15)16-11-18-12-17(19-16)22-14-5-3-2-4-6-14/h2-12,18H,1H3. The molecule has 1 N–H and O–H groups in total. The summed E-state index contributed by atoms with van der Waals surface area (Å²) in [7, 11) is -3.20. The Morgan fingerprint density at radius 3 is 2.35 bits per heavy atom. The van der Waals surface area contributed by atoms with Gasteiger partial charge in [-0.2, -0.15) is 0 Å². The molecule has 0 bridgehead atoms. The van der Waals surface area contributed by atoms with Gasteiger partial charge in [0.15, 0.2) is 9.84 Å². The summed E-state index contributed by atoms with van der Waals surface area (Å²) in [5.41, 5.74) is 1.46. The van der Waals surface area contributed by atoms with Crippen LogP contribution >= 0.6 is 0 Å². The van der Waals surface area contributed by atoms with E-state index in [0.717, 1.165) is 5.56 Å². The minimum atomic E-state index is -3.20. The van der Waals surface area contributed by atoms with Crippen LogP contribution in [0.3, 0.4) is 0 Å². The number of rotatable bonds is 4. The summed E-state index contributed by atoms with van der Waals surface area (Å²) in [5.74, 6) is 1.12. The van der Waals surface area contributed by atoms with Gasteiger partial charge in [0, 0.05) is 6.26 Å². The highest BCUT2D eigenvalue weighted by atomic mass is 32.2. The highest BCUT2D eigenvalue weighted by Crippen LogP contribution is 2.18. The number of sulfone groups is 1. The molecule has 2 aromatic carbocycles. The number of aliphatic imine (C=N–C) groups is 1. The van der Waals surface area contributed by atoms with Crippen molar-refractivity contribution in [2.45, 2.75) is 4.90 Å². The largest absolute Gasteiger partial charge is 0.438 e. The van der Waals surface area contributed by atoms with Gasteiger partial charge in [-0.15, -0.1) is 0 Å². The van der Waals surface area contributed by atoms with E-state index >= 15 is 0 Å². The molecule has 0 aromatic heterocycles. The molecule has 1 radical (unpaired) electrons. The topological polar surface area (TPSA) is 67.8 Å². The zero-order chi connectivity index (χ0) is 16.3. The van der Waals surface area contributed by atoms with Crippen LogP contribution in [0.15, 0.2) is 76.6 Å². The SMILES string of the molecule is CS(=O)(=O)c1ccc(C2=NC(Oc3ccccc3)=CN[CH]2)cc1. The molecule has 1 aliphatic heterocycles. The van der Waals surface area contributed by atoms with Crippen molar-refractivity contribution in [2.24, 2.45) is 4.99 Å². The minimum Gasteiger partial charge on any atom is -0.438 e. The van der Waals surface area contributed by atoms with E-state index in [1.54, 1.807) is 37.0 Å². The smallest absolute Gasteiger partial charge is 0.235 e. The summed E-state index contributed by atoms with van der Waals surface area (Å²) in [6, 6.07) is 15.9. The zero-order valence-electron chi connectivity index (χ0n) is 12.4. The van der Waals surface area contributed by atoms with Gasteiger partial charge in [-0.1, -0.05) is 30.3 Å². The van der Waals surface area contributed by atoms with E-state index in [4.69, 9.17) is 4.74 Å². The van der Waals surface area contributed by atoms with E-state index in [1.165, 1.54) is 6.26 Å². The third-order valence-electron chi connectivity index (χ3n) is 3.20. The number of benzene rings is 2. The average molecular weight is 327 g/mol. The van der Waals surface area contributed by atoms with Crippen molar-refractivity contribution in [1.29, 1.82) is 0 Å². The van der Waals surface area contributed by atoms with Crippen LogP contribution in [-0.4, -0.2) is 20.4 Å². The van der Waals surface area contributed by atoms with Crippen LogP contribution in [0.1, 0.15) is 5.56 Å². The second-order valence-corrected chi connectivity index (χ2v) is 7.02. The fourth-order valence-electron chi connectivity index (χ4n) is 2.06. The van der Waals surface area contributed by atoms with Crippen molar-refractivity contribution in [3.63, 3.8) is 0 Å². The van der Waals surface area contributed by atoms with E-state index in [2.05, 4.69) is 10.3 Å². The fourth-order valence-corrected chi connectivity index (χ4v) is 2.69. The Labute approximate surface area is 135 Å². The number of nitrogens with zero attached hydrogens (tertiary/aromatic N) is 1. The van der Waals surface area contributed by atoms with Crippen molar-refractivity contribution < 1.29 is 13.2 Å². The molecule has 0 amide bonds. The molecule has 0 saturated carbocycles. The molecule has 0 atom stereocenters. The van der Waals surface area contributed by atoms with Crippen molar-refractivity contribution in [2.75, 3.05) is 6.26 Å². The molecule has 0 fully saturated rings. The molecule has 5 nitrogen and oxygen atoms in total. The second-order valence-electron chi connectivity index (χ2n) is 5.00. The monoisotopic (exact) mass is 327 g/mol. The van der Waals surface area contributed by atoms with Gasteiger partial charge in [0.25, 0.3) is 0 Å². The quantitative estimate of drug-likeness (QED) is 0.937. The normalized spacial score (nSPS) is 14.5. The molecule has 0 aliphatic carbocycles. The lowest BCUT2D eigenvalue weighted by atomic mass is 10.1. The lowest BCUT2D eigenvalue weighted by Crippen LogP contribution is -2.19. The van der Waals surface area contributed by atoms with Crippen molar-refractivity contribution in [3.05, 3.63) is 78.8 Å². The number of hydrogen-bond donors (Lipinski definition) is 1. The Morgan fingerprint density at radius 2 is 1.70 bits per heavy atom. The van der Waals surface area contributed by atoms with Crippen LogP contribution in [-0.2, 0) is 9.84 Å². The van der Waals surface area contributed by atoms with Gasteiger partial charge in [0.1, 0.15) is 5.75 Å². The number of nitrogens with one attached hydrogen (secondary N) is 1. The molecule has 0 saturated heterocycles. The van der Waals surface area contributed by atoms with Crippen LogP contribution in [0, 0.1) is 6.54 Å². The molecule has 6 heteroatoms. The summed E-state index contributed by atoms with van der Waals surface area (Å²) < 4.78 is 28.7. The van der Waals surface area contributed by atoms with Crippen LogP contribution in [0.25, 0.3) is 0 Å². The maximum atomic E-state index is 11.5. The molecule has 2 aromatic rings. The molecule has 3 rings (SSSR count). The van der Waals surface area contributed by atoms with E-state index in [0.29, 0.717) is 17.3 Å². The van der Waals surface area contributed by atoms with Crippen LogP contribution in [0.5, 0.6) is 5.75 Å². The molecule has 0 unspecified atom stereocenters. The Balaban J connectivity index is 1.81. The predicted octanol–water partition coefficient (Wildman–Crippen LogP) is 2.52. The number of para-hydroxylation sites is 1. The van der Waals surface area contributed by atoms with Gasteiger partial charge in [0.2, 0.25) is 5.88 Å². The van der Waals surface area contributed by atoms with Crippen molar-refractivity contribution in [3.8, 4) is 5.75 Å². The zero-order valence-corrected chi connectivity index (χ0v) is 13.2. The maximum absolute atomic E-state index is 11.5. The van der Waals surface area contributed by atoms with E-state index in [1.807, 2.05) is 30.3 Å². The highest BCUT2D eigenvalue weighted by Gasteiger charge is 2.13. The van der Waals surface area contributed by atoms with Gasteiger partial charge < -0.3 is 10.1 Å². The van der Waals surface area contributed by atoms with Crippen LogP contribution < -0.4 is 10.1 Å². The molecule has 1 aliphatic rings. The number of hydrogen-bond acceptors (Lipinski definition) is 5. The van der Waals surface area contributed by atoms with Gasteiger partial charge in [-0.05, 0) is 29.8 Å². The molecule has 23 heavy (non-hydrogen) atoms. The Hall–Kier alpha value is -2.60. The molecule has 117 valence electrons. The summed E-state index contributed by atoms with van der Waals surface area (Å²) in [6.07, 6.45) is 2.84. The Morgan fingerprint density at radius 1 is 1.00 bits per heavy atom. The summed E-state index contributed by atoms with van der Waals surface area (Å²) in [5, 5.41) is 2.99. The summed E-state index contributed by atoms with van der Waals surface area (Å²) in [6.45, 7) is 1.73. The summed E-state index contributed by atoms with van der Waals surface area (Å²) in [4.78, 5) is 4.71. The third-order valence-corrected chi connectivity index (χ3v) is 4.33. The van der Waals surface area contributed by atoms with Gasteiger partial charge in [0.05, 0.1) is 23.4 Å².